The zero-order valence-corrected chi connectivity index (χ0v) is 13.4. The lowest BCUT2D eigenvalue weighted by molar-refractivity contribution is -0.136. The number of hydrogen-bond donors (Lipinski definition) is 0. The molecule has 0 aliphatic carbocycles. The van der Waals surface area contributed by atoms with Gasteiger partial charge in [0.25, 0.3) is 0 Å². The third kappa shape index (κ3) is 5.59. The molecule has 0 aliphatic heterocycles. The van der Waals surface area contributed by atoms with Crippen molar-refractivity contribution in [3.8, 4) is 0 Å². The molecule has 0 spiro atoms. The first kappa shape index (κ1) is 16.8. The number of carbonyl (C=O) groups excluding carboxylic acids is 1. The predicted molar refractivity (Wildman–Crippen MR) is 95.8 cm³/mol. The van der Waals surface area contributed by atoms with Crippen molar-refractivity contribution in [1.82, 2.24) is 0 Å². The number of allylic oxidation sites excluding steroid dienone is 2. The number of ether oxygens (including phenoxy) is 1. The molecule has 0 unspecified atom stereocenters. The smallest absolute Gasteiger partial charge is 0.338 e. The fourth-order valence-corrected chi connectivity index (χ4v) is 2.11. The molecule has 118 valence electrons. The molecule has 2 aromatic rings. The molecule has 0 saturated carbocycles. The molecular weight excluding hydrogens is 284 g/mol. The zero-order chi connectivity index (χ0) is 16.3. The van der Waals surface area contributed by atoms with Gasteiger partial charge < -0.3 is 4.74 Å². The molecule has 0 heterocycles. The van der Waals surface area contributed by atoms with E-state index < -0.39 is 0 Å². The Labute approximate surface area is 138 Å². The summed E-state index contributed by atoms with van der Waals surface area (Å²) < 4.78 is 5.36. The molecule has 23 heavy (non-hydrogen) atoms. The predicted octanol–water partition coefficient (Wildman–Crippen LogP) is 5.13. The van der Waals surface area contributed by atoms with Crippen LogP contribution in [0, 0.1) is 0 Å². The van der Waals surface area contributed by atoms with Crippen LogP contribution in [0.3, 0.4) is 0 Å². The lowest BCUT2D eigenvalue weighted by Crippen LogP contribution is -2.08. The lowest BCUT2D eigenvalue weighted by atomic mass is 10.1. The minimum absolute atomic E-state index is 0.276. The second kappa shape index (κ2) is 9.42. The van der Waals surface area contributed by atoms with Gasteiger partial charge in [-0.05, 0) is 23.6 Å². The van der Waals surface area contributed by atoms with E-state index in [1.807, 2.05) is 78.9 Å². The third-order valence-electron chi connectivity index (χ3n) is 3.39. The first-order chi connectivity index (χ1) is 11.3. The quantitative estimate of drug-likeness (QED) is 0.307. The van der Waals surface area contributed by atoms with Gasteiger partial charge in [-0.3, -0.25) is 0 Å². The highest BCUT2D eigenvalue weighted by Gasteiger charge is 2.12. The number of carbonyl (C=O) groups is 1. The summed E-state index contributed by atoms with van der Waals surface area (Å²) in [5.41, 5.74) is 2.54. The molecule has 0 bridgehead atoms. The van der Waals surface area contributed by atoms with Gasteiger partial charge in [-0.25, -0.2) is 4.79 Å². The second-order valence-corrected chi connectivity index (χ2v) is 5.21. The first-order valence-electron chi connectivity index (χ1n) is 7.97. The van der Waals surface area contributed by atoms with E-state index in [-0.39, 0.29) is 5.97 Å². The van der Waals surface area contributed by atoms with Gasteiger partial charge in [0.05, 0.1) is 12.2 Å². The van der Waals surface area contributed by atoms with E-state index in [4.69, 9.17) is 4.74 Å². The highest BCUT2D eigenvalue weighted by molar-refractivity contribution is 6.16. The Balaban J connectivity index is 2.17. The normalized spacial score (nSPS) is 11.6. The van der Waals surface area contributed by atoms with Gasteiger partial charge in [-0.15, -0.1) is 0 Å². The summed E-state index contributed by atoms with van der Waals surface area (Å²) in [5, 5.41) is 0. The van der Waals surface area contributed by atoms with Crippen molar-refractivity contribution in [3.05, 3.63) is 83.9 Å². The minimum atomic E-state index is -0.276. The van der Waals surface area contributed by atoms with Crippen LogP contribution in [0.2, 0.25) is 0 Å². The molecule has 0 radical (unpaired) electrons. The topological polar surface area (TPSA) is 26.3 Å². The summed E-state index contributed by atoms with van der Waals surface area (Å²) in [6.45, 7) is 2.53. The van der Waals surface area contributed by atoms with Crippen molar-refractivity contribution in [2.45, 2.75) is 19.8 Å². The molecule has 2 rings (SSSR count). The Morgan fingerprint density at radius 1 is 1.00 bits per heavy atom. The van der Waals surface area contributed by atoms with E-state index >= 15 is 0 Å². The molecule has 0 saturated heterocycles. The number of hydrogen-bond acceptors (Lipinski definition) is 2. The van der Waals surface area contributed by atoms with Crippen molar-refractivity contribution in [1.29, 1.82) is 0 Å². The summed E-state index contributed by atoms with van der Waals surface area (Å²) in [5.74, 6) is -0.276. The van der Waals surface area contributed by atoms with E-state index in [1.165, 1.54) is 0 Å². The molecule has 0 fully saturated rings. The fourth-order valence-electron chi connectivity index (χ4n) is 2.11. The van der Waals surface area contributed by atoms with E-state index in [0.717, 1.165) is 24.0 Å². The molecule has 0 atom stereocenters. The number of benzene rings is 2. The maximum Gasteiger partial charge on any atom is 0.338 e. The summed E-state index contributed by atoms with van der Waals surface area (Å²) in [4.78, 5) is 12.3. The number of esters is 1. The Morgan fingerprint density at radius 3 is 2.30 bits per heavy atom. The molecule has 2 aromatic carbocycles. The van der Waals surface area contributed by atoms with Crippen LogP contribution in [-0.2, 0) is 9.53 Å². The Hall–Kier alpha value is -2.61. The maximum absolute atomic E-state index is 12.3. The molecule has 0 aromatic heterocycles. The minimum Gasteiger partial charge on any atom is -0.462 e. The molecule has 2 heteroatoms. The summed E-state index contributed by atoms with van der Waals surface area (Å²) >= 11 is 0. The van der Waals surface area contributed by atoms with Crippen LogP contribution in [0.15, 0.2) is 72.8 Å². The van der Waals surface area contributed by atoms with Crippen molar-refractivity contribution in [2.75, 3.05) is 6.61 Å². The van der Waals surface area contributed by atoms with Crippen LogP contribution in [0.5, 0.6) is 0 Å². The highest BCUT2D eigenvalue weighted by Crippen LogP contribution is 2.17. The van der Waals surface area contributed by atoms with Gasteiger partial charge in [0.1, 0.15) is 0 Å². The number of unbranched alkanes of at least 4 members (excludes halogenated alkanes) is 1. The highest BCUT2D eigenvalue weighted by atomic mass is 16.5. The molecule has 2 nitrogen and oxygen atoms in total. The van der Waals surface area contributed by atoms with Crippen LogP contribution in [0.25, 0.3) is 11.6 Å². The van der Waals surface area contributed by atoms with E-state index in [1.54, 1.807) is 0 Å². The second-order valence-electron chi connectivity index (χ2n) is 5.21. The van der Waals surface area contributed by atoms with E-state index in [9.17, 15) is 4.79 Å². The SMILES string of the molecule is CCCCOC(=O)/C(=C/C=C/c1ccccc1)c1ccccc1. The third-order valence-corrected chi connectivity index (χ3v) is 3.39. The standard InChI is InChI=1S/C21H22O2/c1-2-3-17-23-21(22)20(19-14-8-5-9-15-19)16-10-13-18-11-6-4-7-12-18/h4-16H,2-3,17H2,1H3/b13-10+,20-16+. The van der Waals surface area contributed by atoms with Gasteiger partial charge >= 0.3 is 5.97 Å². The average molecular weight is 306 g/mol. The Bertz CT molecular complexity index is 655. The number of rotatable bonds is 7. The fraction of sp³-hybridized carbons (Fsp3) is 0.190. The first-order valence-corrected chi connectivity index (χ1v) is 7.97. The van der Waals surface area contributed by atoms with Crippen LogP contribution in [-0.4, -0.2) is 12.6 Å². The van der Waals surface area contributed by atoms with Gasteiger partial charge in [-0.1, -0.05) is 86.2 Å². The molecule has 0 N–H and O–H groups in total. The van der Waals surface area contributed by atoms with Crippen molar-refractivity contribution < 1.29 is 9.53 Å². The maximum atomic E-state index is 12.3. The van der Waals surface area contributed by atoms with Crippen molar-refractivity contribution in [2.24, 2.45) is 0 Å². The van der Waals surface area contributed by atoms with Gasteiger partial charge in [0.15, 0.2) is 0 Å². The Morgan fingerprint density at radius 2 is 1.65 bits per heavy atom. The van der Waals surface area contributed by atoms with Crippen LogP contribution < -0.4 is 0 Å². The van der Waals surface area contributed by atoms with E-state index in [2.05, 4.69) is 6.92 Å². The zero-order valence-electron chi connectivity index (χ0n) is 13.4. The molecule has 0 aliphatic rings. The van der Waals surface area contributed by atoms with Gasteiger partial charge in [0.2, 0.25) is 0 Å². The largest absolute Gasteiger partial charge is 0.462 e. The van der Waals surface area contributed by atoms with Crippen molar-refractivity contribution >= 4 is 17.6 Å². The van der Waals surface area contributed by atoms with Gasteiger partial charge in [-0.2, -0.15) is 0 Å². The van der Waals surface area contributed by atoms with Crippen molar-refractivity contribution in [3.63, 3.8) is 0 Å². The average Bonchev–Trinajstić information content (AvgIpc) is 2.60. The molecular formula is C21H22O2. The lowest BCUT2D eigenvalue weighted by Gasteiger charge is -2.07. The Kier molecular flexibility index (Phi) is 6.86. The summed E-state index contributed by atoms with van der Waals surface area (Å²) in [6.07, 6.45) is 7.57. The van der Waals surface area contributed by atoms with Gasteiger partial charge in [0, 0.05) is 0 Å². The van der Waals surface area contributed by atoms with E-state index in [0.29, 0.717) is 12.2 Å². The molecule has 0 amide bonds. The van der Waals surface area contributed by atoms with Crippen LogP contribution >= 0.6 is 0 Å². The summed E-state index contributed by atoms with van der Waals surface area (Å²) in [6, 6.07) is 19.6. The monoisotopic (exact) mass is 306 g/mol. The van der Waals surface area contributed by atoms with Crippen LogP contribution in [0.1, 0.15) is 30.9 Å². The summed E-state index contributed by atoms with van der Waals surface area (Å²) in [7, 11) is 0. The van der Waals surface area contributed by atoms with Crippen LogP contribution in [0.4, 0.5) is 0 Å².